The topological polar surface area (TPSA) is 17.1 Å². The third-order valence-electron chi connectivity index (χ3n) is 1.79. The quantitative estimate of drug-likeness (QED) is 0.501. The lowest BCUT2D eigenvalue weighted by atomic mass is 9.83. The van der Waals surface area contributed by atoms with Crippen LogP contribution in [0.2, 0.25) is 0 Å². The standard InChI is InChI=1S/C7H14O/c1-6(2)7(3,4)5-8/h5-6H,1-4H3. The van der Waals surface area contributed by atoms with E-state index in [2.05, 4.69) is 13.8 Å². The first kappa shape index (κ1) is 7.67. The van der Waals surface area contributed by atoms with Crippen LogP contribution in [0.5, 0.6) is 0 Å². The fraction of sp³-hybridized carbons (Fsp3) is 0.857. The Morgan fingerprint density at radius 3 is 1.75 bits per heavy atom. The molecule has 0 atom stereocenters. The summed E-state index contributed by atoms with van der Waals surface area (Å²) in [4.78, 5) is 10.3. The van der Waals surface area contributed by atoms with Crippen LogP contribution < -0.4 is 0 Å². The minimum atomic E-state index is -0.139. The Morgan fingerprint density at radius 1 is 1.38 bits per heavy atom. The zero-order valence-corrected chi connectivity index (χ0v) is 6.06. The van der Waals surface area contributed by atoms with Crippen molar-refractivity contribution in [2.45, 2.75) is 27.7 Å². The molecule has 0 aliphatic carbocycles. The minimum Gasteiger partial charge on any atom is -0.303 e. The van der Waals surface area contributed by atoms with Crippen LogP contribution in [0.1, 0.15) is 27.7 Å². The second kappa shape index (κ2) is 2.29. The smallest absolute Gasteiger partial charge is 0.125 e. The molecule has 1 nitrogen and oxygen atoms in total. The summed E-state index contributed by atoms with van der Waals surface area (Å²) in [5.74, 6) is 0.444. The molecule has 0 aromatic rings. The zero-order chi connectivity index (χ0) is 6.78. The number of hydrogen-bond donors (Lipinski definition) is 0. The average molecular weight is 114 g/mol. The van der Waals surface area contributed by atoms with Crippen LogP contribution in [-0.4, -0.2) is 6.29 Å². The van der Waals surface area contributed by atoms with Gasteiger partial charge in [-0.25, -0.2) is 0 Å². The fourth-order valence-electron chi connectivity index (χ4n) is 0.136. The molecule has 1 heteroatoms. The lowest BCUT2D eigenvalue weighted by molar-refractivity contribution is -0.116. The molecule has 48 valence electrons. The molecule has 0 bridgehead atoms. The Kier molecular flexibility index (Phi) is 2.20. The largest absolute Gasteiger partial charge is 0.303 e. The maximum Gasteiger partial charge on any atom is 0.125 e. The maximum atomic E-state index is 10.3. The van der Waals surface area contributed by atoms with Crippen LogP contribution in [0.4, 0.5) is 0 Å². The first-order valence-corrected chi connectivity index (χ1v) is 2.97. The van der Waals surface area contributed by atoms with E-state index < -0.39 is 0 Å². The number of carbonyl (C=O) groups is 1. The monoisotopic (exact) mass is 114 g/mol. The Bertz CT molecular complexity index is 82.4. The van der Waals surface area contributed by atoms with Crippen molar-refractivity contribution in [3.63, 3.8) is 0 Å². The highest BCUT2D eigenvalue weighted by molar-refractivity contribution is 5.58. The van der Waals surface area contributed by atoms with Gasteiger partial charge in [-0.1, -0.05) is 27.7 Å². The summed E-state index contributed by atoms with van der Waals surface area (Å²) in [6.07, 6.45) is 1.01. The second-order valence-electron chi connectivity index (χ2n) is 3.09. The molecule has 0 unspecified atom stereocenters. The summed E-state index contributed by atoms with van der Waals surface area (Å²) in [6, 6.07) is 0. The molecule has 0 aliphatic rings. The molecular formula is C7H14O. The van der Waals surface area contributed by atoms with Gasteiger partial charge in [0.05, 0.1) is 0 Å². The highest BCUT2D eigenvalue weighted by Crippen LogP contribution is 2.21. The number of carbonyl (C=O) groups excluding carboxylic acids is 1. The van der Waals surface area contributed by atoms with Gasteiger partial charge < -0.3 is 4.79 Å². The normalized spacial score (nSPS) is 12.1. The van der Waals surface area contributed by atoms with E-state index in [1.807, 2.05) is 13.8 Å². The highest BCUT2D eigenvalue weighted by atomic mass is 16.1. The van der Waals surface area contributed by atoms with Gasteiger partial charge in [-0.3, -0.25) is 0 Å². The summed E-state index contributed by atoms with van der Waals surface area (Å²) >= 11 is 0. The summed E-state index contributed by atoms with van der Waals surface area (Å²) in [7, 11) is 0. The summed E-state index contributed by atoms with van der Waals surface area (Å²) in [6.45, 7) is 8.00. The van der Waals surface area contributed by atoms with E-state index in [9.17, 15) is 4.79 Å². The number of rotatable bonds is 2. The van der Waals surface area contributed by atoms with Crippen molar-refractivity contribution >= 4 is 6.29 Å². The Morgan fingerprint density at radius 2 is 1.75 bits per heavy atom. The van der Waals surface area contributed by atoms with E-state index in [1.165, 1.54) is 0 Å². The van der Waals surface area contributed by atoms with Crippen molar-refractivity contribution in [1.29, 1.82) is 0 Å². The van der Waals surface area contributed by atoms with Crippen LogP contribution in [0.3, 0.4) is 0 Å². The van der Waals surface area contributed by atoms with Gasteiger partial charge in [0, 0.05) is 5.41 Å². The molecular weight excluding hydrogens is 100 g/mol. The Labute approximate surface area is 51.1 Å². The molecule has 0 N–H and O–H groups in total. The summed E-state index contributed by atoms with van der Waals surface area (Å²) in [5.41, 5.74) is -0.139. The van der Waals surface area contributed by atoms with E-state index in [4.69, 9.17) is 0 Å². The zero-order valence-electron chi connectivity index (χ0n) is 6.06. The molecule has 0 rings (SSSR count). The van der Waals surface area contributed by atoms with Crippen molar-refractivity contribution < 1.29 is 4.79 Å². The van der Waals surface area contributed by atoms with Gasteiger partial charge in [0.2, 0.25) is 0 Å². The number of aldehydes is 1. The SMILES string of the molecule is CC(C)C(C)(C)C=O. The molecule has 0 saturated heterocycles. The van der Waals surface area contributed by atoms with E-state index in [0.29, 0.717) is 5.92 Å². The predicted octanol–water partition coefficient (Wildman–Crippen LogP) is 1.87. The Balaban J connectivity index is 3.90. The molecule has 8 heavy (non-hydrogen) atoms. The van der Waals surface area contributed by atoms with Crippen molar-refractivity contribution in [1.82, 2.24) is 0 Å². The van der Waals surface area contributed by atoms with Gasteiger partial charge in [-0.2, -0.15) is 0 Å². The summed E-state index contributed by atoms with van der Waals surface area (Å²) < 4.78 is 0. The van der Waals surface area contributed by atoms with Crippen LogP contribution in [0.15, 0.2) is 0 Å². The van der Waals surface area contributed by atoms with Crippen molar-refractivity contribution in [2.75, 3.05) is 0 Å². The third-order valence-corrected chi connectivity index (χ3v) is 1.79. The highest BCUT2D eigenvalue weighted by Gasteiger charge is 2.20. The van der Waals surface area contributed by atoms with Crippen LogP contribution in [-0.2, 0) is 4.79 Å². The first-order valence-electron chi connectivity index (χ1n) is 2.97. The third kappa shape index (κ3) is 1.65. The molecule has 0 saturated carbocycles. The van der Waals surface area contributed by atoms with Gasteiger partial charge >= 0.3 is 0 Å². The second-order valence-corrected chi connectivity index (χ2v) is 3.09. The van der Waals surface area contributed by atoms with Crippen LogP contribution in [0, 0.1) is 11.3 Å². The summed E-state index contributed by atoms with van der Waals surface area (Å²) in [5, 5.41) is 0. The molecule has 0 aromatic heterocycles. The molecule has 0 amide bonds. The van der Waals surface area contributed by atoms with Gasteiger partial charge in [0.25, 0.3) is 0 Å². The van der Waals surface area contributed by atoms with Crippen molar-refractivity contribution in [2.24, 2.45) is 11.3 Å². The fourth-order valence-corrected chi connectivity index (χ4v) is 0.136. The van der Waals surface area contributed by atoms with E-state index in [1.54, 1.807) is 0 Å². The molecule has 0 aromatic carbocycles. The van der Waals surface area contributed by atoms with Gasteiger partial charge in [-0.05, 0) is 5.92 Å². The molecule has 0 spiro atoms. The van der Waals surface area contributed by atoms with Gasteiger partial charge in [-0.15, -0.1) is 0 Å². The predicted molar refractivity (Wildman–Crippen MR) is 34.7 cm³/mol. The lowest BCUT2D eigenvalue weighted by Crippen LogP contribution is -2.20. The minimum absolute atomic E-state index is 0.139. The Hall–Kier alpha value is -0.330. The average Bonchev–Trinajstić information content (AvgIpc) is 1.67. The maximum absolute atomic E-state index is 10.3. The molecule has 0 radical (unpaired) electrons. The molecule has 0 fully saturated rings. The van der Waals surface area contributed by atoms with E-state index in [0.717, 1.165) is 6.29 Å². The molecule has 0 heterocycles. The lowest BCUT2D eigenvalue weighted by Gasteiger charge is -2.20. The van der Waals surface area contributed by atoms with Crippen molar-refractivity contribution in [3.8, 4) is 0 Å². The van der Waals surface area contributed by atoms with Gasteiger partial charge in [0.1, 0.15) is 6.29 Å². The van der Waals surface area contributed by atoms with Crippen molar-refractivity contribution in [3.05, 3.63) is 0 Å². The van der Waals surface area contributed by atoms with E-state index in [-0.39, 0.29) is 5.41 Å². The first-order chi connectivity index (χ1) is 3.50. The van der Waals surface area contributed by atoms with Crippen LogP contribution in [0.25, 0.3) is 0 Å². The molecule has 0 aliphatic heterocycles. The van der Waals surface area contributed by atoms with E-state index >= 15 is 0 Å². The van der Waals surface area contributed by atoms with Gasteiger partial charge in [0.15, 0.2) is 0 Å². The van der Waals surface area contributed by atoms with Crippen LogP contribution >= 0.6 is 0 Å². The number of hydrogen-bond acceptors (Lipinski definition) is 1.